The molecule has 0 aliphatic rings. The van der Waals surface area contributed by atoms with Gasteiger partial charge < -0.3 is 0 Å². The van der Waals surface area contributed by atoms with E-state index in [9.17, 15) is 9.79 Å². The van der Waals surface area contributed by atoms with Crippen molar-refractivity contribution in [3.8, 4) is 0 Å². The summed E-state index contributed by atoms with van der Waals surface area (Å²) in [7, 11) is -2.26. The van der Waals surface area contributed by atoms with Gasteiger partial charge >= 0.3 is 65.0 Å². The summed E-state index contributed by atoms with van der Waals surface area (Å²) in [6.45, 7) is 0. The van der Waals surface area contributed by atoms with Crippen LogP contribution in [0.3, 0.4) is 0 Å². The first-order chi connectivity index (χ1) is 5.17. The Bertz CT molecular complexity index is 222. The summed E-state index contributed by atoms with van der Waals surface area (Å²) in [5.41, 5.74) is 0. The van der Waals surface area contributed by atoms with Gasteiger partial charge in [0.05, 0.1) is 0 Å². The second kappa shape index (κ2) is 3.28. The maximum absolute atomic E-state index is 9.27. The van der Waals surface area contributed by atoms with Gasteiger partial charge in [-0.05, 0) is 0 Å². The summed E-state index contributed by atoms with van der Waals surface area (Å²) in [5, 5.41) is 0.461. The van der Waals surface area contributed by atoms with Crippen LogP contribution in [0.25, 0.3) is 0 Å². The van der Waals surface area contributed by atoms with Gasteiger partial charge in [0.2, 0.25) is 0 Å². The molecule has 0 saturated carbocycles. The van der Waals surface area contributed by atoms with E-state index in [1.807, 2.05) is 6.07 Å². The monoisotopic (exact) mass is 174 g/mol. The quantitative estimate of drug-likeness (QED) is 0.639. The molecule has 0 amide bonds. The predicted octanol–water partition coefficient (Wildman–Crippen LogP) is 0.438. The molecular formula is C7H11O3P. The Morgan fingerprint density at radius 1 is 1.18 bits per heavy atom. The van der Waals surface area contributed by atoms with Crippen molar-refractivity contribution in [1.29, 1.82) is 0 Å². The molecule has 0 saturated heterocycles. The first-order valence-corrected chi connectivity index (χ1v) is 5.02. The van der Waals surface area contributed by atoms with Crippen molar-refractivity contribution in [2.75, 3.05) is 7.11 Å². The zero-order valence-electron chi connectivity index (χ0n) is 6.19. The van der Waals surface area contributed by atoms with Gasteiger partial charge in [0.25, 0.3) is 0 Å². The van der Waals surface area contributed by atoms with Gasteiger partial charge in [-0.3, -0.25) is 0 Å². The summed E-state index contributed by atoms with van der Waals surface area (Å²) in [6, 6.07) is 8.56. The van der Waals surface area contributed by atoms with Gasteiger partial charge in [-0.25, -0.2) is 0 Å². The number of benzene rings is 1. The Morgan fingerprint density at radius 2 is 1.73 bits per heavy atom. The van der Waals surface area contributed by atoms with Crippen LogP contribution in [-0.2, 0) is 4.52 Å². The fourth-order valence-electron chi connectivity index (χ4n) is 0.773. The van der Waals surface area contributed by atoms with Crippen molar-refractivity contribution in [2.45, 2.75) is 0 Å². The van der Waals surface area contributed by atoms with E-state index in [0.29, 0.717) is 5.30 Å². The van der Waals surface area contributed by atoms with Crippen molar-refractivity contribution < 1.29 is 14.3 Å². The van der Waals surface area contributed by atoms with Crippen LogP contribution in [0.2, 0.25) is 0 Å². The Kier molecular flexibility index (Phi) is 2.58. The molecular weight excluding hydrogens is 163 g/mol. The predicted molar refractivity (Wildman–Crippen MR) is 45.8 cm³/mol. The van der Waals surface area contributed by atoms with Crippen LogP contribution in [0.4, 0.5) is 0 Å². The van der Waals surface area contributed by atoms with E-state index in [0.717, 1.165) is 0 Å². The minimum atomic E-state index is -3.55. The average molecular weight is 174 g/mol. The van der Waals surface area contributed by atoms with Gasteiger partial charge in [0, 0.05) is 0 Å². The standard InChI is InChI=1S/C7H11O3P/c1-10-11(8,9)7-5-3-2-4-6-7/h2-6,8-9,11H,1H3. The molecule has 0 radical (unpaired) electrons. The van der Waals surface area contributed by atoms with Crippen molar-refractivity contribution >= 4 is 13.2 Å². The summed E-state index contributed by atoms with van der Waals surface area (Å²) < 4.78 is 4.57. The third-order valence-electron chi connectivity index (χ3n) is 1.43. The van der Waals surface area contributed by atoms with E-state index >= 15 is 0 Å². The molecule has 0 heterocycles. The third-order valence-corrected chi connectivity index (χ3v) is 3.09. The second-order valence-electron chi connectivity index (χ2n) is 2.18. The van der Waals surface area contributed by atoms with E-state index in [1.165, 1.54) is 7.11 Å². The van der Waals surface area contributed by atoms with Crippen molar-refractivity contribution in [2.24, 2.45) is 0 Å². The van der Waals surface area contributed by atoms with Crippen LogP contribution in [0.15, 0.2) is 30.3 Å². The van der Waals surface area contributed by atoms with Crippen LogP contribution in [0, 0.1) is 0 Å². The van der Waals surface area contributed by atoms with Crippen molar-refractivity contribution in [1.82, 2.24) is 0 Å². The molecule has 0 unspecified atom stereocenters. The molecule has 0 bridgehead atoms. The number of rotatable bonds is 2. The van der Waals surface area contributed by atoms with Crippen molar-refractivity contribution in [3.05, 3.63) is 30.3 Å². The molecule has 0 aliphatic carbocycles. The summed E-state index contributed by atoms with van der Waals surface area (Å²) in [5.74, 6) is 0. The Labute approximate surface area is 65.8 Å². The number of hydrogen-bond donors (Lipinski definition) is 2. The van der Waals surface area contributed by atoms with Gasteiger partial charge in [-0.1, -0.05) is 0 Å². The van der Waals surface area contributed by atoms with Crippen LogP contribution in [0.1, 0.15) is 0 Å². The molecule has 0 aromatic heterocycles. The maximum atomic E-state index is 9.27. The minimum absolute atomic E-state index is 0.461. The SMILES string of the molecule is CO[PH](O)(O)c1ccccc1. The molecule has 0 fully saturated rings. The van der Waals surface area contributed by atoms with Gasteiger partial charge in [-0.2, -0.15) is 0 Å². The Morgan fingerprint density at radius 3 is 2.18 bits per heavy atom. The van der Waals surface area contributed by atoms with Crippen LogP contribution >= 0.6 is 7.94 Å². The first-order valence-electron chi connectivity index (χ1n) is 3.22. The fourth-order valence-corrected chi connectivity index (χ4v) is 1.64. The summed E-state index contributed by atoms with van der Waals surface area (Å²) in [6.07, 6.45) is 0. The topological polar surface area (TPSA) is 49.7 Å². The normalized spacial score (nSPS) is 13.0. The molecule has 1 aromatic rings. The van der Waals surface area contributed by atoms with Gasteiger partial charge in [0.1, 0.15) is 0 Å². The molecule has 0 atom stereocenters. The van der Waals surface area contributed by atoms with Crippen molar-refractivity contribution in [3.63, 3.8) is 0 Å². The van der Waals surface area contributed by atoms with Crippen LogP contribution in [0.5, 0.6) is 0 Å². The molecule has 62 valence electrons. The van der Waals surface area contributed by atoms with E-state index in [1.54, 1.807) is 24.3 Å². The average Bonchev–Trinajstić information content (AvgIpc) is 2.06. The van der Waals surface area contributed by atoms with Crippen LogP contribution in [-0.4, -0.2) is 16.9 Å². The second-order valence-corrected chi connectivity index (χ2v) is 4.38. The first kappa shape index (κ1) is 8.62. The molecule has 3 nitrogen and oxygen atoms in total. The zero-order chi connectivity index (χ0) is 8.32. The molecule has 11 heavy (non-hydrogen) atoms. The van der Waals surface area contributed by atoms with E-state index in [4.69, 9.17) is 0 Å². The molecule has 0 aliphatic heterocycles. The molecule has 2 N–H and O–H groups in total. The van der Waals surface area contributed by atoms with E-state index in [-0.39, 0.29) is 0 Å². The van der Waals surface area contributed by atoms with Gasteiger partial charge in [0.15, 0.2) is 0 Å². The Balaban J connectivity index is 2.93. The molecule has 1 rings (SSSR count). The summed E-state index contributed by atoms with van der Waals surface area (Å²) >= 11 is 0. The summed E-state index contributed by atoms with van der Waals surface area (Å²) in [4.78, 5) is 18.5. The third kappa shape index (κ3) is 1.98. The molecule has 4 heteroatoms. The molecule has 1 aromatic carbocycles. The van der Waals surface area contributed by atoms with Crippen LogP contribution < -0.4 is 5.30 Å². The molecule has 0 spiro atoms. The zero-order valence-corrected chi connectivity index (χ0v) is 7.19. The van der Waals surface area contributed by atoms with Gasteiger partial charge in [-0.15, -0.1) is 0 Å². The van der Waals surface area contributed by atoms with E-state index < -0.39 is 7.94 Å². The number of hydrogen-bond acceptors (Lipinski definition) is 3. The Hall–Kier alpha value is -0.470. The fraction of sp³-hybridized carbons (Fsp3) is 0.143. The van der Waals surface area contributed by atoms with E-state index in [2.05, 4.69) is 4.52 Å².